The van der Waals surface area contributed by atoms with Crippen molar-refractivity contribution in [1.82, 2.24) is 5.32 Å². The molecule has 1 aliphatic rings. The molecule has 80 valence electrons. The Kier molecular flexibility index (Phi) is 2.98. The van der Waals surface area contributed by atoms with Crippen molar-refractivity contribution in [2.75, 3.05) is 5.75 Å². The highest BCUT2D eigenvalue weighted by molar-refractivity contribution is 8.00. The average molecular weight is 223 g/mol. The first kappa shape index (κ1) is 10.5. The zero-order valence-electron chi connectivity index (χ0n) is 8.43. The molecule has 0 spiro atoms. The molecule has 1 heterocycles. The SMILES string of the molecule is Cc1cccc([C@@H]2CS[C@H](C(=O)O)N2)c1. The van der Waals surface area contributed by atoms with Crippen molar-refractivity contribution in [1.29, 1.82) is 0 Å². The van der Waals surface area contributed by atoms with Crippen LogP contribution in [0, 0.1) is 6.92 Å². The Morgan fingerprint density at radius 2 is 2.40 bits per heavy atom. The van der Waals surface area contributed by atoms with Crippen LogP contribution in [0.4, 0.5) is 0 Å². The van der Waals surface area contributed by atoms with Gasteiger partial charge < -0.3 is 5.11 Å². The van der Waals surface area contributed by atoms with Gasteiger partial charge in [-0.15, -0.1) is 11.8 Å². The minimum absolute atomic E-state index is 0.163. The molecule has 0 saturated carbocycles. The zero-order chi connectivity index (χ0) is 10.8. The van der Waals surface area contributed by atoms with Gasteiger partial charge in [-0.1, -0.05) is 29.8 Å². The third-order valence-corrected chi connectivity index (χ3v) is 3.65. The quantitative estimate of drug-likeness (QED) is 0.802. The molecule has 3 nitrogen and oxygen atoms in total. The minimum atomic E-state index is -0.782. The maximum Gasteiger partial charge on any atom is 0.331 e. The molecule has 0 radical (unpaired) electrons. The van der Waals surface area contributed by atoms with Gasteiger partial charge in [0.15, 0.2) is 5.37 Å². The first-order chi connectivity index (χ1) is 7.16. The topological polar surface area (TPSA) is 49.3 Å². The number of carbonyl (C=O) groups is 1. The van der Waals surface area contributed by atoms with Crippen LogP contribution >= 0.6 is 11.8 Å². The van der Waals surface area contributed by atoms with Crippen LogP contribution in [-0.4, -0.2) is 22.2 Å². The summed E-state index contributed by atoms with van der Waals surface area (Å²) in [6, 6.07) is 8.35. The van der Waals surface area contributed by atoms with Crippen molar-refractivity contribution in [2.45, 2.75) is 18.3 Å². The van der Waals surface area contributed by atoms with Crippen LogP contribution in [0.3, 0.4) is 0 Å². The number of benzene rings is 1. The number of nitrogens with one attached hydrogen (secondary N) is 1. The van der Waals surface area contributed by atoms with Crippen LogP contribution in [0.5, 0.6) is 0 Å². The van der Waals surface area contributed by atoms with Crippen LogP contribution in [0.2, 0.25) is 0 Å². The Labute approximate surface area is 92.9 Å². The Bertz CT molecular complexity index is 381. The average Bonchev–Trinajstić information content (AvgIpc) is 2.66. The summed E-state index contributed by atoms with van der Waals surface area (Å²) in [5.74, 6) is 0.0376. The first-order valence-corrected chi connectivity index (χ1v) is 5.89. The lowest BCUT2D eigenvalue weighted by atomic mass is 10.1. The second kappa shape index (κ2) is 4.24. The lowest BCUT2D eigenvalue weighted by Gasteiger charge is -2.11. The molecule has 1 fully saturated rings. The molecular formula is C11H13NO2S. The molecule has 2 atom stereocenters. The van der Waals surface area contributed by atoms with E-state index in [2.05, 4.69) is 11.4 Å². The molecule has 0 bridgehead atoms. The van der Waals surface area contributed by atoms with Gasteiger partial charge in [-0.3, -0.25) is 5.32 Å². The van der Waals surface area contributed by atoms with Gasteiger partial charge in [-0.25, -0.2) is 4.79 Å². The summed E-state index contributed by atoms with van der Waals surface area (Å²) < 4.78 is 0. The fourth-order valence-electron chi connectivity index (χ4n) is 1.69. The smallest absolute Gasteiger partial charge is 0.331 e. The molecule has 2 N–H and O–H groups in total. The molecular weight excluding hydrogens is 210 g/mol. The van der Waals surface area contributed by atoms with Crippen molar-refractivity contribution < 1.29 is 9.90 Å². The monoisotopic (exact) mass is 223 g/mol. The molecule has 1 aliphatic heterocycles. The fourth-order valence-corrected chi connectivity index (χ4v) is 2.77. The number of aryl methyl sites for hydroxylation is 1. The highest BCUT2D eigenvalue weighted by Gasteiger charge is 2.30. The summed E-state index contributed by atoms with van der Waals surface area (Å²) in [7, 11) is 0. The number of hydrogen-bond acceptors (Lipinski definition) is 3. The van der Waals surface area contributed by atoms with Gasteiger partial charge in [0, 0.05) is 11.8 Å². The Balaban J connectivity index is 2.11. The number of carboxylic acid groups (broad SMARTS) is 1. The van der Waals surface area contributed by atoms with Gasteiger partial charge in [-0.05, 0) is 12.5 Å². The van der Waals surface area contributed by atoms with Gasteiger partial charge in [0.2, 0.25) is 0 Å². The van der Waals surface area contributed by atoms with Crippen LogP contribution in [0.1, 0.15) is 17.2 Å². The lowest BCUT2D eigenvalue weighted by molar-refractivity contribution is -0.136. The number of hydrogen-bond donors (Lipinski definition) is 2. The molecule has 1 saturated heterocycles. The van der Waals surface area contributed by atoms with Crippen LogP contribution < -0.4 is 5.32 Å². The van der Waals surface area contributed by atoms with Crippen LogP contribution in [0.15, 0.2) is 24.3 Å². The van der Waals surface area contributed by atoms with Crippen molar-refractivity contribution >= 4 is 17.7 Å². The summed E-state index contributed by atoms with van der Waals surface area (Å²) in [5, 5.41) is 11.5. The van der Waals surface area contributed by atoms with E-state index in [-0.39, 0.29) is 6.04 Å². The van der Waals surface area contributed by atoms with E-state index in [1.54, 1.807) is 0 Å². The van der Waals surface area contributed by atoms with E-state index in [0.29, 0.717) is 0 Å². The molecule has 1 aromatic carbocycles. The summed E-state index contributed by atoms with van der Waals surface area (Å²) in [4.78, 5) is 10.8. The molecule has 15 heavy (non-hydrogen) atoms. The van der Waals surface area contributed by atoms with E-state index in [9.17, 15) is 4.79 Å². The fraction of sp³-hybridized carbons (Fsp3) is 0.364. The highest BCUT2D eigenvalue weighted by Crippen LogP contribution is 2.29. The van der Waals surface area contributed by atoms with Crippen molar-refractivity contribution in [3.8, 4) is 0 Å². The Hall–Kier alpha value is -1.00. The molecule has 0 aromatic heterocycles. The van der Waals surface area contributed by atoms with Crippen molar-refractivity contribution in [2.24, 2.45) is 0 Å². The zero-order valence-corrected chi connectivity index (χ0v) is 9.25. The third kappa shape index (κ3) is 2.33. The predicted octanol–water partition coefficient (Wildman–Crippen LogP) is 1.78. The van der Waals surface area contributed by atoms with E-state index < -0.39 is 11.3 Å². The second-order valence-electron chi connectivity index (χ2n) is 3.69. The summed E-state index contributed by atoms with van der Waals surface area (Å²) >= 11 is 1.45. The molecule has 0 aliphatic carbocycles. The van der Waals surface area contributed by atoms with E-state index in [0.717, 1.165) is 5.75 Å². The van der Waals surface area contributed by atoms with Gasteiger partial charge in [0.1, 0.15) is 0 Å². The standard InChI is InChI=1S/C11H13NO2S/c1-7-3-2-4-8(5-7)9-6-15-10(12-9)11(13)14/h2-5,9-10,12H,6H2,1H3,(H,13,14)/t9-,10+/m0/s1. The van der Waals surface area contributed by atoms with E-state index in [1.165, 1.54) is 22.9 Å². The molecule has 1 aromatic rings. The minimum Gasteiger partial charge on any atom is -0.479 e. The number of thioether (sulfide) groups is 1. The summed E-state index contributed by atoms with van der Waals surface area (Å²) in [6.07, 6.45) is 0. The van der Waals surface area contributed by atoms with Gasteiger partial charge >= 0.3 is 5.97 Å². The Morgan fingerprint density at radius 3 is 3.00 bits per heavy atom. The van der Waals surface area contributed by atoms with Gasteiger partial charge in [0.25, 0.3) is 0 Å². The number of carboxylic acids is 1. The third-order valence-electron chi connectivity index (χ3n) is 2.45. The lowest BCUT2D eigenvalue weighted by Crippen LogP contribution is -2.30. The maximum absolute atomic E-state index is 10.8. The summed E-state index contributed by atoms with van der Waals surface area (Å²) in [5.41, 5.74) is 2.38. The molecule has 0 unspecified atom stereocenters. The molecule has 4 heteroatoms. The van der Waals surface area contributed by atoms with Crippen molar-refractivity contribution in [3.05, 3.63) is 35.4 Å². The predicted molar refractivity (Wildman–Crippen MR) is 60.9 cm³/mol. The van der Waals surface area contributed by atoms with E-state index in [1.807, 2.05) is 25.1 Å². The largest absolute Gasteiger partial charge is 0.479 e. The molecule has 2 rings (SSSR count). The Morgan fingerprint density at radius 1 is 1.60 bits per heavy atom. The van der Waals surface area contributed by atoms with Crippen LogP contribution in [-0.2, 0) is 4.79 Å². The first-order valence-electron chi connectivity index (χ1n) is 4.84. The highest BCUT2D eigenvalue weighted by atomic mass is 32.2. The number of rotatable bonds is 2. The molecule has 0 amide bonds. The maximum atomic E-state index is 10.8. The van der Waals surface area contributed by atoms with Gasteiger partial charge in [-0.2, -0.15) is 0 Å². The van der Waals surface area contributed by atoms with E-state index >= 15 is 0 Å². The van der Waals surface area contributed by atoms with Gasteiger partial charge in [0.05, 0.1) is 0 Å². The summed E-state index contributed by atoms with van der Waals surface area (Å²) in [6.45, 7) is 2.04. The second-order valence-corrected chi connectivity index (χ2v) is 4.82. The normalized spacial score (nSPS) is 25.4. The van der Waals surface area contributed by atoms with E-state index in [4.69, 9.17) is 5.11 Å². The van der Waals surface area contributed by atoms with Crippen molar-refractivity contribution in [3.63, 3.8) is 0 Å². The number of aliphatic carboxylic acids is 1. The van der Waals surface area contributed by atoms with Crippen LogP contribution in [0.25, 0.3) is 0 Å².